The van der Waals surface area contributed by atoms with Gasteiger partial charge in [0.25, 0.3) is 5.91 Å². The van der Waals surface area contributed by atoms with E-state index in [2.05, 4.69) is 5.32 Å². The number of rotatable bonds is 5. The number of ether oxygens (including phenoxy) is 3. The maximum absolute atomic E-state index is 12.1. The van der Waals surface area contributed by atoms with Crippen molar-refractivity contribution in [2.45, 2.75) is 6.10 Å². The smallest absolute Gasteiger partial charge is 0.374 e. The Morgan fingerprint density at radius 3 is 2.69 bits per heavy atom. The first-order chi connectivity index (χ1) is 14.1. The van der Waals surface area contributed by atoms with Gasteiger partial charge in [-0.1, -0.05) is 24.3 Å². The van der Waals surface area contributed by atoms with E-state index >= 15 is 0 Å². The predicted molar refractivity (Wildman–Crippen MR) is 102 cm³/mol. The zero-order valence-corrected chi connectivity index (χ0v) is 15.3. The Morgan fingerprint density at radius 1 is 1.07 bits per heavy atom. The van der Waals surface area contributed by atoms with E-state index in [1.165, 1.54) is 0 Å². The van der Waals surface area contributed by atoms with Crippen LogP contribution in [0.15, 0.2) is 63.8 Å². The van der Waals surface area contributed by atoms with Crippen LogP contribution in [0.3, 0.4) is 0 Å². The number of para-hydroxylation sites is 3. The SMILES string of the molecule is O=C(COC(=O)c1cc(=O)c2ccccc2o1)NC[C@H]1COc2ccccc2O1. The summed E-state index contributed by atoms with van der Waals surface area (Å²) in [5, 5.41) is 2.98. The second kappa shape index (κ2) is 8.05. The molecule has 4 rings (SSSR count). The summed E-state index contributed by atoms with van der Waals surface area (Å²) in [5.41, 5.74) is -0.0934. The summed E-state index contributed by atoms with van der Waals surface area (Å²) < 4.78 is 21.6. The van der Waals surface area contributed by atoms with Gasteiger partial charge in [-0.2, -0.15) is 0 Å². The Labute approximate surface area is 165 Å². The van der Waals surface area contributed by atoms with E-state index in [0.717, 1.165) is 6.07 Å². The van der Waals surface area contributed by atoms with Gasteiger partial charge in [-0.15, -0.1) is 0 Å². The molecule has 1 aliphatic rings. The average Bonchev–Trinajstić information content (AvgIpc) is 2.75. The van der Waals surface area contributed by atoms with Crippen LogP contribution in [0.25, 0.3) is 11.0 Å². The second-order valence-electron chi connectivity index (χ2n) is 6.35. The molecule has 0 bridgehead atoms. The van der Waals surface area contributed by atoms with Crippen molar-refractivity contribution >= 4 is 22.8 Å². The van der Waals surface area contributed by atoms with E-state index in [9.17, 15) is 14.4 Å². The van der Waals surface area contributed by atoms with Crippen LogP contribution >= 0.6 is 0 Å². The van der Waals surface area contributed by atoms with Crippen molar-refractivity contribution in [1.82, 2.24) is 5.32 Å². The highest BCUT2D eigenvalue weighted by Crippen LogP contribution is 2.30. The number of esters is 1. The van der Waals surface area contributed by atoms with Crippen molar-refractivity contribution < 1.29 is 28.2 Å². The lowest BCUT2D eigenvalue weighted by Gasteiger charge is -2.26. The van der Waals surface area contributed by atoms with Gasteiger partial charge in [-0.3, -0.25) is 9.59 Å². The van der Waals surface area contributed by atoms with Crippen LogP contribution in [-0.2, 0) is 9.53 Å². The van der Waals surface area contributed by atoms with E-state index in [0.29, 0.717) is 23.5 Å². The van der Waals surface area contributed by atoms with Gasteiger partial charge in [0.05, 0.1) is 11.9 Å². The largest absolute Gasteiger partial charge is 0.486 e. The number of carbonyl (C=O) groups is 2. The van der Waals surface area contributed by atoms with Crippen LogP contribution in [-0.4, -0.2) is 37.7 Å². The summed E-state index contributed by atoms with van der Waals surface area (Å²) in [4.78, 5) is 36.1. The molecule has 0 saturated heterocycles. The summed E-state index contributed by atoms with van der Waals surface area (Å²) in [6, 6.07) is 14.8. The minimum atomic E-state index is -0.894. The van der Waals surface area contributed by atoms with Crippen molar-refractivity contribution in [2.24, 2.45) is 0 Å². The van der Waals surface area contributed by atoms with Gasteiger partial charge in [0.1, 0.15) is 18.3 Å². The Kier molecular flexibility index (Phi) is 5.15. The third-order valence-corrected chi connectivity index (χ3v) is 4.26. The van der Waals surface area contributed by atoms with Crippen LogP contribution in [0.2, 0.25) is 0 Å². The third-order valence-electron chi connectivity index (χ3n) is 4.26. The molecule has 1 aliphatic heterocycles. The Morgan fingerprint density at radius 2 is 1.83 bits per heavy atom. The molecule has 1 atom stereocenters. The Bertz CT molecular complexity index is 1120. The molecule has 1 aromatic heterocycles. The third kappa shape index (κ3) is 4.21. The maximum Gasteiger partial charge on any atom is 0.374 e. The zero-order valence-electron chi connectivity index (χ0n) is 15.3. The molecule has 0 aliphatic carbocycles. The number of hydrogen-bond donors (Lipinski definition) is 1. The highest BCUT2D eigenvalue weighted by Gasteiger charge is 2.21. The van der Waals surface area contributed by atoms with Crippen LogP contribution in [0.1, 0.15) is 10.6 Å². The molecular weight excluding hydrogens is 378 g/mol. The van der Waals surface area contributed by atoms with Crippen molar-refractivity contribution in [3.05, 3.63) is 70.6 Å². The highest BCUT2D eigenvalue weighted by molar-refractivity contribution is 5.90. The average molecular weight is 395 g/mol. The molecule has 0 spiro atoms. The summed E-state index contributed by atoms with van der Waals surface area (Å²) in [7, 11) is 0. The minimum Gasteiger partial charge on any atom is -0.486 e. The van der Waals surface area contributed by atoms with Gasteiger partial charge in [0.15, 0.2) is 23.5 Å². The molecule has 1 N–H and O–H groups in total. The lowest BCUT2D eigenvalue weighted by atomic mass is 10.2. The predicted octanol–water partition coefficient (Wildman–Crippen LogP) is 1.91. The molecule has 8 heteroatoms. The number of hydrogen-bond acceptors (Lipinski definition) is 7. The molecule has 1 amide bonds. The molecule has 0 saturated carbocycles. The highest BCUT2D eigenvalue weighted by atomic mass is 16.6. The maximum atomic E-state index is 12.1. The first-order valence-corrected chi connectivity index (χ1v) is 8.95. The fourth-order valence-corrected chi connectivity index (χ4v) is 2.85. The first-order valence-electron chi connectivity index (χ1n) is 8.95. The van der Waals surface area contributed by atoms with E-state index < -0.39 is 18.5 Å². The summed E-state index contributed by atoms with van der Waals surface area (Å²) >= 11 is 0. The second-order valence-corrected chi connectivity index (χ2v) is 6.35. The molecule has 0 unspecified atom stereocenters. The molecule has 29 heavy (non-hydrogen) atoms. The monoisotopic (exact) mass is 395 g/mol. The van der Waals surface area contributed by atoms with Gasteiger partial charge < -0.3 is 23.9 Å². The molecule has 148 valence electrons. The lowest BCUT2D eigenvalue weighted by Crippen LogP contribution is -2.42. The topological polar surface area (TPSA) is 104 Å². The van der Waals surface area contributed by atoms with E-state index in [-0.39, 0.29) is 29.4 Å². The summed E-state index contributed by atoms with van der Waals surface area (Å²) in [5.74, 6) is -0.406. The zero-order chi connectivity index (χ0) is 20.2. The summed E-state index contributed by atoms with van der Waals surface area (Å²) in [6.45, 7) is -0.0331. The fraction of sp³-hybridized carbons (Fsp3) is 0.190. The van der Waals surface area contributed by atoms with Crippen molar-refractivity contribution in [3.8, 4) is 11.5 Å². The molecule has 0 radical (unpaired) electrons. The standard InChI is InChI=1S/C21H17NO7/c23-15-9-19(29-16-6-2-1-5-14(15)16)21(25)27-12-20(24)22-10-13-11-26-17-7-3-4-8-18(17)28-13/h1-9,13H,10-12H2,(H,22,24)/t13-/m0/s1. The van der Waals surface area contributed by atoms with Crippen molar-refractivity contribution in [1.29, 1.82) is 0 Å². The van der Waals surface area contributed by atoms with Crippen LogP contribution < -0.4 is 20.2 Å². The van der Waals surface area contributed by atoms with Gasteiger partial charge >= 0.3 is 5.97 Å². The van der Waals surface area contributed by atoms with Crippen LogP contribution in [0, 0.1) is 0 Å². The normalized spacial score (nSPS) is 15.0. The number of nitrogens with one attached hydrogen (secondary N) is 1. The number of amides is 1. The van der Waals surface area contributed by atoms with Crippen LogP contribution in [0.5, 0.6) is 11.5 Å². The van der Waals surface area contributed by atoms with Gasteiger partial charge in [-0.25, -0.2) is 4.79 Å². The lowest BCUT2D eigenvalue weighted by molar-refractivity contribution is -0.124. The van der Waals surface area contributed by atoms with Gasteiger partial charge in [-0.05, 0) is 24.3 Å². The molecular formula is C21H17NO7. The number of carbonyl (C=O) groups excluding carboxylic acids is 2. The quantitative estimate of drug-likeness (QED) is 0.658. The first kappa shape index (κ1) is 18.5. The van der Waals surface area contributed by atoms with E-state index in [1.807, 2.05) is 12.1 Å². The number of benzene rings is 2. The molecule has 2 heterocycles. The molecule has 8 nitrogen and oxygen atoms in total. The molecule has 2 aromatic carbocycles. The van der Waals surface area contributed by atoms with Gasteiger partial charge in [0.2, 0.25) is 5.76 Å². The van der Waals surface area contributed by atoms with E-state index in [4.69, 9.17) is 18.6 Å². The minimum absolute atomic E-state index is 0.190. The van der Waals surface area contributed by atoms with Crippen molar-refractivity contribution in [3.63, 3.8) is 0 Å². The fourth-order valence-electron chi connectivity index (χ4n) is 2.85. The van der Waals surface area contributed by atoms with Crippen molar-refractivity contribution in [2.75, 3.05) is 19.8 Å². The van der Waals surface area contributed by atoms with Crippen LogP contribution in [0.4, 0.5) is 0 Å². The van der Waals surface area contributed by atoms with Gasteiger partial charge in [0, 0.05) is 6.07 Å². The van der Waals surface area contributed by atoms with E-state index in [1.54, 1.807) is 36.4 Å². The Hall–Kier alpha value is -3.81. The molecule has 0 fully saturated rings. The number of fused-ring (bicyclic) bond motifs is 2. The summed E-state index contributed by atoms with van der Waals surface area (Å²) in [6.07, 6.45) is -0.358. The Balaban J connectivity index is 1.29. The molecule has 3 aromatic rings.